The molecule has 0 saturated heterocycles. The first-order valence-electron chi connectivity index (χ1n) is 11.2. The summed E-state index contributed by atoms with van der Waals surface area (Å²) < 4.78 is 52.0. The van der Waals surface area contributed by atoms with Crippen LogP contribution in [0.5, 0.6) is 17.5 Å². The van der Waals surface area contributed by atoms with E-state index in [0.717, 1.165) is 22.3 Å². The molecule has 190 valence electrons. The molecule has 9 nitrogen and oxygen atoms in total. The Morgan fingerprint density at radius 1 is 1.03 bits per heavy atom. The van der Waals surface area contributed by atoms with Gasteiger partial charge in [-0.1, -0.05) is 36.4 Å². The molecule has 12 heteroatoms. The number of aromatic nitrogens is 4. The van der Waals surface area contributed by atoms with Gasteiger partial charge in [0.25, 0.3) is 11.2 Å². The smallest absolute Gasteiger partial charge is 0.445 e. The summed E-state index contributed by atoms with van der Waals surface area (Å²) in [4.78, 5) is 29.5. The van der Waals surface area contributed by atoms with Crippen LogP contribution in [0.25, 0.3) is 11.2 Å². The van der Waals surface area contributed by atoms with Gasteiger partial charge in [0.2, 0.25) is 0 Å². The predicted octanol–water partition coefficient (Wildman–Crippen LogP) is 2.65. The Balaban J connectivity index is 1.90. The van der Waals surface area contributed by atoms with E-state index in [0.29, 0.717) is 6.42 Å². The van der Waals surface area contributed by atoms with E-state index < -0.39 is 23.4 Å². The number of nitrogens with one attached hydrogen (secondary N) is 1. The number of aromatic amines is 1. The Morgan fingerprint density at radius 2 is 1.75 bits per heavy atom. The van der Waals surface area contributed by atoms with Crippen LogP contribution in [0.1, 0.15) is 18.9 Å². The zero-order valence-electron chi connectivity index (χ0n) is 19.3. The summed E-state index contributed by atoms with van der Waals surface area (Å²) in [6, 6.07) is 14.3. The lowest BCUT2D eigenvalue weighted by atomic mass is 10.2. The number of imidazole rings is 1. The van der Waals surface area contributed by atoms with E-state index in [9.17, 15) is 22.8 Å². The lowest BCUT2D eigenvalue weighted by Crippen LogP contribution is -2.45. The molecular formula is C24H25F3N4O5+2. The summed E-state index contributed by atoms with van der Waals surface area (Å²) >= 11 is 0. The third-order valence-electron chi connectivity index (χ3n) is 5.46. The molecule has 36 heavy (non-hydrogen) atoms. The fourth-order valence-corrected chi connectivity index (χ4v) is 3.90. The first kappa shape index (κ1) is 25.0. The Hall–Kier alpha value is -4.06. The average Bonchev–Trinajstić information content (AvgIpc) is 3.16. The molecule has 4 aromatic rings. The second kappa shape index (κ2) is 10.3. The molecule has 0 atom stereocenters. The highest BCUT2D eigenvalue weighted by molar-refractivity contribution is 5.66. The molecule has 0 saturated carbocycles. The molecule has 0 spiro atoms. The molecular weight excluding hydrogens is 481 g/mol. The van der Waals surface area contributed by atoms with Crippen LogP contribution in [0.2, 0.25) is 0 Å². The molecule has 0 fully saturated rings. The van der Waals surface area contributed by atoms with Crippen molar-refractivity contribution in [1.29, 1.82) is 0 Å². The van der Waals surface area contributed by atoms with Crippen molar-refractivity contribution in [2.45, 2.75) is 39.3 Å². The molecule has 0 amide bonds. The van der Waals surface area contributed by atoms with Gasteiger partial charge in [-0.05, 0) is 24.6 Å². The van der Waals surface area contributed by atoms with Crippen molar-refractivity contribution in [2.75, 3.05) is 6.61 Å². The summed E-state index contributed by atoms with van der Waals surface area (Å²) in [7, 11) is 0. The number of hydrogen-bond donors (Lipinski definition) is 1. The number of H-pyrrole nitrogens is 1. The average molecular weight is 506 g/mol. The number of hydrogen-bond acceptors (Lipinski definition) is 4. The zero-order chi connectivity index (χ0) is 25.9. The summed E-state index contributed by atoms with van der Waals surface area (Å²) in [5, 5.41) is 7.41. The number of ether oxygens (including phenoxy) is 2. The predicted molar refractivity (Wildman–Crippen MR) is 125 cm³/mol. The van der Waals surface area contributed by atoms with Gasteiger partial charge >= 0.3 is 23.6 Å². The minimum Gasteiger partial charge on any atom is -0.445 e. The SMILES string of the molecule is CCn1c(=O)n(CCC[OH2+])c(=O)c2c1[nH]c(Oc1cccc(OC(F)(F)F)c1)[n+]2Cc1ccccc1. The summed E-state index contributed by atoms with van der Waals surface area (Å²) in [5.74, 6) is -0.431. The molecule has 2 aromatic carbocycles. The number of aryl methyl sites for hydroxylation is 1. The highest BCUT2D eigenvalue weighted by Gasteiger charge is 2.32. The Bertz CT molecular complexity index is 1480. The van der Waals surface area contributed by atoms with Gasteiger partial charge in [0, 0.05) is 25.6 Å². The Kier molecular flexibility index (Phi) is 7.15. The van der Waals surface area contributed by atoms with E-state index in [-0.39, 0.29) is 49.2 Å². The van der Waals surface area contributed by atoms with E-state index >= 15 is 0 Å². The monoisotopic (exact) mass is 506 g/mol. The number of nitrogens with zero attached hydrogens (tertiary/aromatic N) is 3. The molecule has 0 aliphatic heterocycles. The maximum atomic E-state index is 13.5. The highest BCUT2D eigenvalue weighted by atomic mass is 19.4. The second-order valence-electron chi connectivity index (χ2n) is 7.91. The molecule has 3 N–H and O–H groups in total. The van der Waals surface area contributed by atoms with Crippen molar-refractivity contribution in [1.82, 2.24) is 14.1 Å². The van der Waals surface area contributed by atoms with Crippen LogP contribution in [0, 0.1) is 0 Å². The van der Waals surface area contributed by atoms with E-state index in [2.05, 4.69) is 9.72 Å². The number of fused-ring (bicyclic) bond motifs is 1. The van der Waals surface area contributed by atoms with Crippen LogP contribution in [0.15, 0.2) is 64.2 Å². The molecule has 0 radical (unpaired) electrons. The van der Waals surface area contributed by atoms with Crippen LogP contribution >= 0.6 is 0 Å². The third kappa shape index (κ3) is 5.28. The lowest BCUT2D eigenvalue weighted by molar-refractivity contribution is -0.667. The summed E-state index contributed by atoms with van der Waals surface area (Å²) in [6.45, 7) is 2.32. The molecule has 2 aromatic heterocycles. The van der Waals surface area contributed by atoms with Gasteiger partial charge in [0.05, 0.1) is 0 Å². The normalized spacial score (nSPS) is 11.7. The molecule has 0 bridgehead atoms. The topological polar surface area (TPSA) is 105 Å². The van der Waals surface area contributed by atoms with E-state index in [1.54, 1.807) is 11.5 Å². The van der Waals surface area contributed by atoms with Crippen molar-refractivity contribution >= 4 is 11.2 Å². The number of benzene rings is 2. The van der Waals surface area contributed by atoms with Crippen LogP contribution in [-0.4, -0.2) is 32.2 Å². The highest BCUT2D eigenvalue weighted by Crippen LogP contribution is 2.28. The van der Waals surface area contributed by atoms with Gasteiger partial charge in [0.1, 0.15) is 24.7 Å². The molecule has 2 heterocycles. The van der Waals surface area contributed by atoms with Crippen LogP contribution < -0.4 is 25.3 Å². The van der Waals surface area contributed by atoms with Gasteiger partial charge in [-0.15, -0.1) is 13.2 Å². The Morgan fingerprint density at radius 3 is 2.42 bits per heavy atom. The van der Waals surface area contributed by atoms with E-state index in [1.807, 2.05) is 30.3 Å². The fourth-order valence-electron chi connectivity index (χ4n) is 3.90. The van der Waals surface area contributed by atoms with Crippen molar-refractivity contribution in [3.05, 3.63) is 81.0 Å². The van der Waals surface area contributed by atoms with Gasteiger partial charge in [-0.2, -0.15) is 9.55 Å². The lowest BCUT2D eigenvalue weighted by Gasteiger charge is -2.10. The van der Waals surface area contributed by atoms with Crippen molar-refractivity contribution in [3.63, 3.8) is 0 Å². The van der Waals surface area contributed by atoms with Gasteiger partial charge in [-0.3, -0.25) is 13.9 Å². The largest absolute Gasteiger partial charge is 0.573 e. The van der Waals surface area contributed by atoms with Crippen LogP contribution in [-0.2, 0) is 19.6 Å². The second-order valence-corrected chi connectivity index (χ2v) is 7.91. The zero-order valence-corrected chi connectivity index (χ0v) is 19.3. The van der Waals surface area contributed by atoms with Crippen LogP contribution in [0.4, 0.5) is 13.2 Å². The van der Waals surface area contributed by atoms with Gasteiger partial charge in [0.15, 0.2) is 0 Å². The molecule has 0 aliphatic rings. The standard InChI is InChI=1S/C24H23F3N4O5/c1-2-29-20-19(21(33)30(23(29)34)12-7-13-32)31(15-16-8-4-3-5-9-16)22(28-20)35-17-10-6-11-18(14-17)36-24(25,26)27/h3-6,8-11,14,32H,2,7,12-13,15H2,1H3/p+2. The first-order chi connectivity index (χ1) is 17.2. The van der Waals surface area contributed by atoms with Crippen molar-refractivity contribution in [2.24, 2.45) is 0 Å². The summed E-state index contributed by atoms with van der Waals surface area (Å²) in [5.41, 5.74) is 0.146. The van der Waals surface area contributed by atoms with Crippen molar-refractivity contribution < 1.29 is 32.3 Å². The number of rotatable bonds is 9. The molecule has 0 unspecified atom stereocenters. The fraction of sp³-hybridized carbons (Fsp3) is 0.292. The van der Waals surface area contributed by atoms with Crippen LogP contribution in [0.3, 0.4) is 0 Å². The number of alkyl halides is 3. The Labute approximate surface area is 202 Å². The van der Waals surface area contributed by atoms with Gasteiger partial charge < -0.3 is 14.6 Å². The number of halogens is 3. The van der Waals surface area contributed by atoms with E-state index in [4.69, 9.17) is 9.84 Å². The quantitative estimate of drug-likeness (QED) is 0.278. The first-order valence-corrected chi connectivity index (χ1v) is 11.2. The minimum atomic E-state index is -4.87. The van der Waals surface area contributed by atoms with Crippen molar-refractivity contribution in [3.8, 4) is 17.5 Å². The molecule has 4 rings (SSSR count). The maximum absolute atomic E-state index is 13.5. The molecule has 0 aliphatic carbocycles. The van der Waals surface area contributed by atoms with E-state index in [1.165, 1.54) is 16.7 Å². The van der Waals surface area contributed by atoms with Gasteiger partial charge in [-0.25, -0.2) is 4.79 Å². The maximum Gasteiger partial charge on any atom is 0.573 e. The third-order valence-corrected chi connectivity index (χ3v) is 5.46. The minimum absolute atomic E-state index is 0.0324. The summed E-state index contributed by atoms with van der Waals surface area (Å²) in [6.07, 6.45) is -4.54.